The van der Waals surface area contributed by atoms with Crippen LogP contribution in [-0.4, -0.2) is 16.9 Å². The lowest BCUT2D eigenvalue weighted by Crippen LogP contribution is -2.24. The smallest absolute Gasteiger partial charge is 0.420 e. The third kappa shape index (κ3) is 3.78. The first-order valence-corrected chi connectivity index (χ1v) is 8.44. The average molecular weight is 351 g/mol. The minimum Gasteiger partial charge on any atom is -0.490 e. The van der Waals surface area contributed by atoms with Crippen LogP contribution in [0.3, 0.4) is 0 Å². The SMILES string of the molecule is CC(=O)c1ccc2c(C(F)(F)F)c(OC3CCC(C)CC3)ccc2n1. The second kappa shape index (κ2) is 6.65. The van der Waals surface area contributed by atoms with Crippen molar-refractivity contribution >= 4 is 16.7 Å². The number of aromatic nitrogens is 1. The van der Waals surface area contributed by atoms with Gasteiger partial charge in [-0.2, -0.15) is 13.2 Å². The molecule has 0 saturated heterocycles. The van der Waals surface area contributed by atoms with E-state index in [4.69, 9.17) is 4.74 Å². The van der Waals surface area contributed by atoms with E-state index < -0.39 is 11.7 Å². The van der Waals surface area contributed by atoms with Crippen molar-refractivity contribution in [3.05, 3.63) is 35.5 Å². The van der Waals surface area contributed by atoms with Crippen molar-refractivity contribution in [3.63, 3.8) is 0 Å². The fourth-order valence-corrected chi connectivity index (χ4v) is 3.30. The van der Waals surface area contributed by atoms with Crippen molar-refractivity contribution in [1.82, 2.24) is 4.98 Å². The van der Waals surface area contributed by atoms with E-state index in [1.165, 1.54) is 31.2 Å². The van der Waals surface area contributed by atoms with E-state index >= 15 is 0 Å². The maximum Gasteiger partial charge on any atom is 0.420 e. The summed E-state index contributed by atoms with van der Waals surface area (Å²) in [5.74, 6) is 0.150. The molecule has 1 heterocycles. The Morgan fingerprint density at radius 2 is 1.80 bits per heavy atom. The number of Topliss-reactive ketones (excluding diaryl/α,β-unsaturated/α-hetero) is 1. The Morgan fingerprint density at radius 3 is 2.40 bits per heavy atom. The van der Waals surface area contributed by atoms with Crippen LogP contribution < -0.4 is 4.74 Å². The Kier molecular flexibility index (Phi) is 4.71. The molecule has 1 aliphatic rings. The molecule has 0 unspecified atom stereocenters. The summed E-state index contributed by atoms with van der Waals surface area (Å²) in [6.07, 6.45) is -1.31. The highest BCUT2D eigenvalue weighted by Gasteiger charge is 2.37. The van der Waals surface area contributed by atoms with Gasteiger partial charge < -0.3 is 4.74 Å². The Balaban J connectivity index is 2.03. The van der Waals surface area contributed by atoms with Gasteiger partial charge in [0.15, 0.2) is 5.78 Å². The Hall–Kier alpha value is -2.11. The lowest BCUT2D eigenvalue weighted by atomic mass is 9.89. The highest BCUT2D eigenvalue weighted by molar-refractivity contribution is 5.95. The minimum absolute atomic E-state index is 0.0424. The zero-order chi connectivity index (χ0) is 18.2. The zero-order valence-electron chi connectivity index (χ0n) is 14.2. The second-order valence-electron chi connectivity index (χ2n) is 6.76. The van der Waals surface area contributed by atoms with E-state index in [2.05, 4.69) is 11.9 Å². The molecule has 1 aromatic carbocycles. The predicted molar refractivity (Wildman–Crippen MR) is 88.8 cm³/mol. The van der Waals surface area contributed by atoms with Gasteiger partial charge in [-0.05, 0) is 55.9 Å². The quantitative estimate of drug-likeness (QED) is 0.694. The molecule has 0 bridgehead atoms. The molecule has 3 rings (SSSR count). The molecular weight excluding hydrogens is 331 g/mol. The lowest BCUT2D eigenvalue weighted by molar-refractivity contribution is -0.138. The lowest BCUT2D eigenvalue weighted by Gasteiger charge is -2.28. The second-order valence-corrected chi connectivity index (χ2v) is 6.76. The number of hydrogen-bond donors (Lipinski definition) is 0. The Bertz CT molecular complexity index is 793. The highest BCUT2D eigenvalue weighted by Crippen LogP contribution is 2.42. The van der Waals surface area contributed by atoms with Gasteiger partial charge in [-0.1, -0.05) is 6.92 Å². The molecule has 6 heteroatoms. The molecule has 0 N–H and O–H groups in total. The number of hydrogen-bond acceptors (Lipinski definition) is 3. The van der Waals surface area contributed by atoms with Gasteiger partial charge in [0.25, 0.3) is 0 Å². The average Bonchev–Trinajstić information content (AvgIpc) is 2.55. The molecule has 1 aliphatic carbocycles. The molecule has 1 fully saturated rings. The van der Waals surface area contributed by atoms with Gasteiger partial charge in [0.05, 0.1) is 11.6 Å². The fourth-order valence-electron chi connectivity index (χ4n) is 3.30. The maximum absolute atomic E-state index is 13.7. The van der Waals surface area contributed by atoms with Crippen molar-refractivity contribution < 1.29 is 22.7 Å². The standard InChI is InChI=1S/C19H20F3NO2/c1-11-3-5-13(6-4-11)25-17-10-9-16-14(18(17)19(20,21)22)7-8-15(23-16)12(2)24/h7-11,13H,3-6H2,1-2H3. The van der Waals surface area contributed by atoms with Crippen LogP contribution in [0.1, 0.15) is 55.6 Å². The molecule has 134 valence electrons. The van der Waals surface area contributed by atoms with Crippen LogP contribution in [0.4, 0.5) is 13.2 Å². The van der Waals surface area contributed by atoms with Crippen LogP contribution in [-0.2, 0) is 6.18 Å². The molecule has 0 aliphatic heterocycles. The van der Waals surface area contributed by atoms with Gasteiger partial charge in [-0.25, -0.2) is 4.98 Å². The van der Waals surface area contributed by atoms with Gasteiger partial charge in [-0.3, -0.25) is 4.79 Å². The number of rotatable bonds is 3. The van der Waals surface area contributed by atoms with Crippen molar-refractivity contribution in [2.75, 3.05) is 0 Å². The topological polar surface area (TPSA) is 39.2 Å². The number of carbonyl (C=O) groups excluding carboxylic acids is 1. The molecule has 1 saturated carbocycles. The molecule has 0 radical (unpaired) electrons. The summed E-state index contributed by atoms with van der Waals surface area (Å²) in [6, 6.07) is 5.43. The normalized spacial score (nSPS) is 21.3. The highest BCUT2D eigenvalue weighted by atomic mass is 19.4. The van der Waals surface area contributed by atoms with Gasteiger partial charge in [0, 0.05) is 12.3 Å². The number of alkyl halides is 3. The summed E-state index contributed by atoms with van der Waals surface area (Å²) >= 11 is 0. The number of carbonyl (C=O) groups is 1. The van der Waals surface area contributed by atoms with Gasteiger partial charge in [0.1, 0.15) is 17.0 Å². The number of halogens is 3. The number of nitrogens with zero attached hydrogens (tertiary/aromatic N) is 1. The number of pyridine rings is 1. The van der Waals surface area contributed by atoms with E-state index in [1.54, 1.807) is 0 Å². The first kappa shape index (κ1) is 17.7. The summed E-state index contributed by atoms with van der Waals surface area (Å²) in [5.41, 5.74) is -0.522. The molecule has 2 aromatic rings. The van der Waals surface area contributed by atoms with Crippen LogP contribution in [0.15, 0.2) is 24.3 Å². The van der Waals surface area contributed by atoms with E-state index in [0.29, 0.717) is 5.92 Å². The monoisotopic (exact) mass is 351 g/mol. The largest absolute Gasteiger partial charge is 0.490 e. The van der Waals surface area contributed by atoms with Crippen molar-refractivity contribution in [2.24, 2.45) is 5.92 Å². The third-order valence-electron chi connectivity index (χ3n) is 4.73. The summed E-state index contributed by atoms with van der Waals surface area (Å²) in [7, 11) is 0. The third-order valence-corrected chi connectivity index (χ3v) is 4.73. The van der Waals surface area contributed by atoms with Gasteiger partial charge >= 0.3 is 6.18 Å². The summed E-state index contributed by atoms with van der Waals surface area (Å²) in [5, 5.41) is -0.0424. The molecule has 3 nitrogen and oxygen atoms in total. The van der Waals surface area contributed by atoms with Crippen LogP contribution in [0.2, 0.25) is 0 Å². The van der Waals surface area contributed by atoms with Crippen LogP contribution >= 0.6 is 0 Å². The molecule has 0 spiro atoms. The van der Waals surface area contributed by atoms with E-state index in [1.807, 2.05) is 0 Å². The van der Waals surface area contributed by atoms with Crippen molar-refractivity contribution in [1.29, 1.82) is 0 Å². The number of benzene rings is 1. The molecular formula is C19H20F3NO2. The first-order valence-electron chi connectivity index (χ1n) is 8.44. The predicted octanol–water partition coefficient (Wildman–Crippen LogP) is 5.41. The Labute approximate surface area is 144 Å². The maximum atomic E-state index is 13.7. The summed E-state index contributed by atoms with van der Waals surface area (Å²) in [4.78, 5) is 15.5. The van der Waals surface area contributed by atoms with E-state index in [-0.39, 0.29) is 34.2 Å². The number of fused-ring (bicyclic) bond motifs is 1. The molecule has 0 atom stereocenters. The van der Waals surface area contributed by atoms with Crippen molar-refractivity contribution in [3.8, 4) is 5.75 Å². The minimum atomic E-state index is -4.56. The molecule has 25 heavy (non-hydrogen) atoms. The molecule has 1 aromatic heterocycles. The van der Waals surface area contributed by atoms with Gasteiger partial charge in [-0.15, -0.1) is 0 Å². The summed E-state index contributed by atoms with van der Waals surface area (Å²) in [6.45, 7) is 3.48. The van der Waals surface area contributed by atoms with Gasteiger partial charge in [0.2, 0.25) is 0 Å². The van der Waals surface area contributed by atoms with Crippen LogP contribution in [0.5, 0.6) is 5.75 Å². The first-order chi connectivity index (χ1) is 11.8. The number of ketones is 1. The Morgan fingerprint density at radius 1 is 1.12 bits per heavy atom. The zero-order valence-corrected chi connectivity index (χ0v) is 14.2. The fraction of sp³-hybridized carbons (Fsp3) is 0.474. The van der Waals surface area contributed by atoms with E-state index in [0.717, 1.165) is 25.7 Å². The summed E-state index contributed by atoms with van der Waals surface area (Å²) < 4.78 is 46.8. The van der Waals surface area contributed by atoms with Crippen LogP contribution in [0, 0.1) is 5.92 Å². The van der Waals surface area contributed by atoms with Crippen molar-refractivity contribution in [2.45, 2.75) is 51.8 Å². The number of ether oxygens (including phenoxy) is 1. The molecule has 0 amide bonds. The van der Waals surface area contributed by atoms with Crippen LogP contribution in [0.25, 0.3) is 10.9 Å². The van der Waals surface area contributed by atoms with E-state index in [9.17, 15) is 18.0 Å².